The Morgan fingerprint density at radius 3 is 2.81 bits per heavy atom. The molecule has 7 nitrogen and oxygen atoms in total. The van der Waals surface area contributed by atoms with Crippen molar-refractivity contribution in [2.45, 2.75) is 19.8 Å². The number of fused-ring (bicyclic) bond motifs is 1. The third-order valence-electron chi connectivity index (χ3n) is 5.09. The van der Waals surface area contributed by atoms with Crippen molar-refractivity contribution >= 4 is 22.6 Å². The zero-order valence-corrected chi connectivity index (χ0v) is 15.7. The molecule has 0 radical (unpaired) electrons. The summed E-state index contributed by atoms with van der Waals surface area (Å²) in [5.74, 6) is 1.26. The van der Waals surface area contributed by atoms with Crippen molar-refractivity contribution in [2.75, 3.05) is 25.0 Å². The van der Waals surface area contributed by atoms with Crippen molar-refractivity contribution in [1.82, 2.24) is 24.6 Å². The summed E-state index contributed by atoms with van der Waals surface area (Å²) < 4.78 is 1.75. The number of piperidine rings is 1. The lowest BCUT2D eigenvalue weighted by Gasteiger charge is -2.29. The fourth-order valence-electron chi connectivity index (χ4n) is 3.40. The lowest BCUT2D eigenvalue weighted by Crippen LogP contribution is -2.38. The summed E-state index contributed by atoms with van der Waals surface area (Å²) in [6.07, 6.45) is 7.77. The van der Waals surface area contributed by atoms with Gasteiger partial charge in [-0.05, 0) is 44.0 Å². The lowest BCUT2D eigenvalue weighted by molar-refractivity contribution is -0.117. The number of nitrogens with one attached hydrogen (secondary N) is 1. The fraction of sp³-hybridized carbons (Fsp3) is 0.400. The lowest BCUT2D eigenvalue weighted by atomic mass is 9.99. The van der Waals surface area contributed by atoms with E-state index in [0.717, 1.165) is 54.0 Å². The van der Waals surface area contributed by atoms with E-state index >= 15 is 0 Å². The summed E-state index contributed by atoms with van der Waals surface area (Å²) in [4.78, 5) is 23.6. The number of pyridine rings is 2. The summed E-state index contributed by atoms with van der Waals surface area (Å²) in [6, 6.07) is 5.76. The molecule has 4 heterocycles. The van der Waals surface area contributed by atoms with Crippen molar-refractivity contribution in [2.24, 2.45) is 13.0 Å². The van der Waals surface area contributed by atoms with E-state index in [-0.39, 0.29) is 5.91 Å². The molecule has 0 spiro atoms. The molecule has 0 saturated carbocycles. The van der Waals surface area contributed by atoms with Crippen LogP contribution in [-0.4, -0.2) is 50.2 Å². The molecule has 0 unspecified atom stereocenters. The summed E-state index contributed by atoms with van der Waals surface area (Å²) >= 11 is 0. The molecule has 0 bridgehead atoms. The first kappa shape index (κ1) is 17.6. The number of rotatable bonds is 4. The van der Waals surface area contributed by atoms with Gasteiger partial charge in [0.2, 0.25) is 5.91 Å². The zero-order valence-electron chi connectivity index (χ0n) is 15.7. The van der Waals surface area contributed by atoms with E-state index < -0.39 is 0 Å². The Labute approximate surface area is 158 Å². The quantitative estimate of drug-likeness (QED) is 0.770. The van der Waals surface area contributed by atoms with Gasteiger partial charge in [0, 0.05) is 36.5 Å². The maximum Gasteiger partial charge on any atom is 0.239 e. The standard InChI is InChI=1S/C20H24N6O/c1-14-5-7-26(8-6-14)13-20(27)24-19-9-18-15(10-21-19)3-4-17(23-18)16-11-22-25(2)12-16/h3-4,9-12,14H,5-8,13H2,1-2H3,(H,21,24,27). The van der Waals surface area contributed by atoms with Gasteiger partial charge in [0.15, 0.2) is 0 Å². The van der Waals surface area contributed by atoms with Gasteiger partial charge in [-0.2, -0.15) is 5.10 Å². The minimum Gasteiger partial charge on any atom is -0.310 e. The number of anilines is 1. The molecule has 0 aliphatic carbocycles. The maximum absolute atomic E-state index is 12.4. The van der Waals surface area contributed by atoms with Crippen molar-refractivity contribution in [3.05, 3.63) is 36.8 Å². The predicted octanol–water partition coefficient (Wildman–Crippen LogP) is 2.70. The number of amides is 1. The minimum absolute atomic E-state index is 0.0279. The number of carbonyl (C=O) groups is 1. The number of aromatic nitrogens is 4. The largest absolute Gasteiger partial charge is 0.310 e. The molecule has 1 fully saturated rings. The molecule has 140 valence electrons. The molecule has 27 heavy (non-hydrogen) atoms. The van der Waals surface area contributed by atoms with E-state index in [9.17, 15) is 4.79 Å². The van der Waals surface area contributed by atoms with Crippen LogP contribution < -0.4 is 5.32 Å². The van der Waals surface area contributed by atoms with Crippen LogP contribution >= 0.6 is 0 Å². The molecule has 1 aliphatic rings. The van der Waals surface area contributed by atoms with Crippen LogP contribution in [0, 0.1) is 5.92 Å². The SMILES string of the molecule is CC1CCN(CC(=O)Nc2cc3nc(-c4cnn(C)c4)ccc3cn2)CC1. The Morgan fingerprint density at radius 1 is 1.26 bits per heavy atom. The Balaban J connectivity index is 1.48. The van der Waals surface area contributed by atoms with E-state index in [1.165, 1.54) is 0 Å². The zero-order chi connectivity index (χ0) is 18.8. The number of nitrogens with zero attached hydrogens (tertiary/aromatic N) is 5. The summed E-state index contributed by atoms with van der Waals surface area (Å²) in [5, 5.41) is 8.04. The molecule has 3 aromatic heterocycles. The first-order chi connectivity index (χ1) is 13.1. The molecule has 7 heteroatoms. The van der Waals surface area contributed by atoms with Gasteiger partial charge in [-0.1, -0.05) is 6.92 Å². The van der Waals surface area contributed by atoms with Crippen LogP contribution in [0.2, 0.25) is 0 Å². The van der Waals surface area contributed by atoms with Crippen molar-refractivity contribution in [3.8, 4) is 11.3 Å². The van der Waals surface area contributed by atoms with Crippen LogP contribution in [0.15, 0.2) is 36.8 Å². The third-order valence-corrected chi connectivity index (χ3v) is 5.09. The highest BCUT2D eigenvalue weighted by molar-refractivity contribution is 5.93. The van der Waals surface area contributed by atoms with Crippen LogP contribution in [0.5, 0.6) is 0 Å². The van der Waals surface area contributed by atoms with Crippen LogP contribution in [0.1, 0.15) is 19.8 Å². The predicted molar refractivity (Wildman–Crippen MR) is 105 cm³/mol. The first-order valence-corrected chi connectivity index (χ1v) is 9.35. The number of aryl methyl sites for hydroxylation is 1. The first-order valence-electron chi connectivity index (χ1n) is 9.35. The van der Waals surface area contributed by atoms with E-state index in [1.54, 1.807) is 17.1 Å². The second-order valence-electron chi connectivity index (χ2n) is 7.37. The Kier molecular flexibility index (Phi) is 4.85. The van der Waals surface area contributed by atoms with Crippen LogP contribution in [0.4, 0.5) is 5.82 Å². The summed E-state index contributed by atoms with van der Waals surface area (Å²) in [7, 11) is 1.88. The molecular weight excluding hydrogens is 340 g/mol. The van der Waals surface area contributed by atoms with Crippen molar-refractivity contribution in [1.29, 1.82) is 0 Å². The van der Waals surface area contributed by atoms with Gasteiger partial charge >= 0.3 is 0 Å². The Bertz CT molecular complexity index is 958. The monoisotopic (exact) mass is 364 g/mol. The van der Waals surface area contributed by atoms with Gasteiger partial charge in [0.1, 0.15) is 5.82 Å². The van der Waals surface area contributed by atoms with E-state index in [1.807, 2.05) is 31.4 Å². The molecule has 3 aromatic rings. The third kappa shape index (κ3) is 4.14. The van der Waals surface area contributed by atoms with Gasteiger partial charge in [0.05, 0.1) is 24.0 Å². The molecule has 0 atom stereocenters. The van der Waals surface area contributed by atoms with Crippen molar-refractivity contribution in [3.63, 3.8) is 0 Å². The van der Waals surface area contributed by atoms with Crippen LogP contribution in [0.3, 0.4) is 0 Å². The summed E-state index contributed by atoms with van der Waals surface area (Å²) in [6.45, 7) is 4.64. The average molecular weight is 364 g/mol. The second-order valence-corrected chi connectivity index (χ2v) is 7.37. The number of hydrogen-bond donors (Lipinski definition) is 1. The van der Waals surface area contributed by atoms with Gasteiger partial charge < -0.3 is 5.32 Å². The van der Waals surface area contributed by atoms with Gasteiger partial charge in [-0.3, -0.25) is 14.4 Å². The molecule has 1 aliphatic heterocycles. The second kappa shape index (κ2) is 7.44. The highest BCUT2D eigenvalue weighted by Crippen LogP contribution is 2.22. The Hall–Kier alpha value is -2.80. The molecular formula is C20H24N6O. The highest BCUT2D eigenvalue weighted by Gasteiger charge is 2.18. The molecule has 4 rings (SSSR count). The Morgan fingerprint density at radius 2 is 2.07 bits per heavy atom. The van der Waals surface area contributed by atoms with E-state index in [0.29, 0.717) is 12.4 Å². The molecule has 1 saturated heterocycles. The normalized spacial score (nSPS) is 15.9. The molecule has 1 amide bonds. The maximum atomic E-state index is 12.4. The fourth-order valence-corrected chi connectivity index (χ4v) is 3.40. The van der Waals surface area contributed by atoms with Crippen LogP contribution in [0.25, 0.3) is 22.2 Å². The topological polar surface area (TPSA) is 75.9 Å². The van der Waals surface area contributed by atoms with Gasteiger partial charge in [0.25, 0.3) is 0 Å². The highest BCUT2D eigenvalue weighted by atomic mass is 16.2. The molecule has 0 aromatic carbocycles. The number of carbonyl (C=O) groups excluding carboxylic acids is 1. The summed E-state index contributed by atoms with van der Waals surface area (Å²) in [5.41, 5.74) is 2.61. The number of hydrogen-bond acceptors (Lipinski definition) is 5. The van der Waals surface area contributed by atoms with Gasteiger partial charge in [-0.25, -0.2) is 9.97 Å². The molecule has 1 N–H and O–H groups in total. The van der Waals surface area contributed by atoms with Gasteiger partial charge in [-0.15, -0.1) is 0 Å². The van der Waals surface area contributed by atoms with E-state index in [2.05, 4.69) is 27.2 Å². The van der Waals surface area contributed by atoms with E-state index in [4.69, 9.17) is 4.98 Å². The van der Waals surface area contributed by atoms with Crippen LogP contribution in [-0.2, 0) is 11.8 Å². The minimum atomic E-state index is -0.0279. The number of likely N-dealkylation sites (tertiary alicyclic amines) is 1. The smallest absolute Gasteiger partial charge is 0.239 e. The average Bonchev–Trinajstić information content (AvgIpc) is 3.09. The van der Waals surface area contributed by atoms with Crippen molar-refractivity contribution < 1.29 is 4.79 Å².